The predicted molar refractivity (Wildman–Crippen MR) is 144 cm³/mol. The van der Waals surface area contributed by atoms with E-state index in [1.54, 1.807) is 19.2 Å². The minimum absolute atomic E-state index is 0.199. The molecule has 0 bridgehead atoms. The van der Waals surface area contributed by atoms with Gasteiger partial charge in [-0.25, -0.2) is 0 Å². The number of halogens is 2. The molecule has 3 rings (SSSR count). The summed E-state index contributed by atoms with van der Waals surface area (Å²) >= 11 is 14.3. The van der Waals surface area contributed by atoms with Crippen molar-refractivity contribution in [2.45, 2.75) is 64.7 Å². The van der Waals surface area contributed by atoms with Crippen molar-refractivity contribution >= 4 is 51.4 Å². The van der Waals surface area contributed by atoms with Gasteiger partial charge in [0.15, 0.2) is 5.75 Å². The van der Waals surface area contributed by atoms with Gasteiger partial charge in [-0.3, -0.25) is 9.59 Å². The summed E-state index contributed by atoms with van der Waals surface area (Å²) in [6, 6.07) is 3.11. The Morgan fingerprint density at radius 1 is 1.00 bits per heavy atom. The minimum Gasteiger partial charge on any atom is -0.490 e. The van der Waals surface area contributed by atoms with Crippen LogP contribution in [0, 0.1) is 0 Å². The lowest BCUT2D eigenvalue weighted by Gasteiger charge is -2.14. The van der Waals surface area contributed by atoms with Gasteiger partial charge in [-0.1, -0.05) is 55.8 Å². The van der Waals surface area contributed by atoms with Crippen LogP contribution in [0.2, 0.25) is 10.0 Å². The molecule has 0 spiro atoms. The molecule has 1 aliphatic rings. The molecule has 35 heavy (non-hydrogen) atoms. The van der Waals surface area contributed by atoms with Gasteiger partial charge in [-0.05, 0) is 49.8 Å². The summed E-state index contributed by atoms with van der Waals surface area (Å²) in [5, 5.41) is 6.95. The van der Waals surface area contributed by atoms with Crippen molar-refractivity contribution in [1.82, 2.24) is 5.32 Å². The second kappa shape index (κ2) is 14.1. The molecule has 2 amide bonds. The van der Waals surface area contributed by atoms with E-state index in [2.05, 4.69) is 17.6 Å². The van der Waals surface area contributed by atoms with Gasteiger partial charge >= 0.3 is 0 Å². The first-order chi connectivity index (χ1) is 17.0. The number of anilines is 1. The molecule has 0 atom stereocenters. The smallest absolute Gasteiger partial charge is 0.256 e. The van der Waals surface area contributed by atoms with E-state index in [1.807, 2.05) is 0 Å². The highest BCUT2D eigenvalue weighted by Gasteiger charge is 2.27. The maximum atomic E-state index is 13.1. The molecule has 6 nitrogen and oxygen atoms in total. The zero-order valence-corrected chi connectivity index (χ0v) is 22.8. The number of carbonyl (C=O) groups excluding carboxylic acids is 2. The van der Waals surface area contributed by atoms with E-state index in [4.69, 9.17) is 32.7 Å². The summed E-state index contributed by atoms with van der Waals surface area (Å²) in [6.07, 6.45) is 9.46. The van der Waals surface area contributed by atoms with Crippen LogP contribution < -0.4 is 15.4 Å². The lowest BCUT2D eigenvalue weighted by Crippen LogP contribution is -2.28. The van der Waals surface area contributed by atoms with Gasteiger partial charge in [0.2, 0.25) is 0 Å². The van der Waals surface area contributed by atoms with Crippen LogP contribution in [0.15, 0.2) is 12.1 Å². The Kier molecular flexibility index (Phi) is 11.2. The van der Waals surface area contributed by atoms with Crippen LogP contribution in [0.1, 0.15) is 83.0 Å². The summed E-state index contributed by atoms with van der Waals surface area (Å²) in [7, 11) is 1.59. The van der Waals surface area contributed by atoms with Crippen LogP contribution in [-0.4, -0.2) is 38.7 Å². The third kappa shape index (κ3) is 7.59. The molecule has 1 heterocycles. The number of aryl methyl sites for hydroxylation is 1. The molecule has 0 saturated carbocycles. The SMILES string of the molecule is CCCCCCCOc1c(Cl)cc(C(=O)Nc2sc3c(c2C(=O)NCCOC)CCCC3)cc1Cl. The molecule has 9 heteroatoms. The molecule has 0 unspecified atom stereocenters. The van der Waals surface area contributed by atoms with Gasteiger partial charge in [-0.15, -0.1) is 11.3 Å². The molecule has 0 radical (unpaired) electrons. The molecule has 192 valence electrons. The Balaban J connectivity index is 1.72. The van der Waals surface area contributed by atoms with Crippen molar-refractivity contribution in [3.63, 3.8) is 0 Å². The molecular formula is C26H34Cl2N2O4S. The van der Waals surface area contributed by atoms with Crippen LogP contribution in [-0.2, 0) is 17.6 Å². The number of nitrogens with one attached hydrogen (secondary N) is 2. The molecule has 2 N–H and O–H groups in total. The first-order valence-corrected chi connectivity index (χ1v) is 13.9. The number of carbonyl (C=O) groups is 2. The van der Waals surface area contributed by atoms with E-state index in [9.17, 15) is 9.59 Å². The Labute approximate surface area is 221 Å². The molecular weight excluding hydrogens is 507 g/mol. The third-order valence-electron chi connectivity index (χ3n) is 5.97. The maximum Gasteiger partial charge on any atom is 0.256 e. The molecule has 0 aliphatic heterocycles. The van der Waals surface area contributed by atoms with E-state index >= 15 is 0 Å². The largest absolute Gasteiger partial charge is 0.490 e. The zero-order chi connectivity index (χ0) is 25.2. The van der Waals surface area contributed by atoms with Crippen LogP contribution >= 0.6 is 34.5 Å². The fraction of sp³-hybridized carbons (Fsp3) is 0.538. The standard InChI is InChI=1S/C26H34Cl2N2O4S/c1-3-4-5-6-9-13-34-23-19(27)15-17(16-20(23)28)24(31)30-26-22(25(32)29-12-14-33-2)18-10-7-8-11-21(18)35-26/h15-16H,3-14H2,1-2H3,(H,29,32)(H,30,31). The molecule has 1 aromatic heterocycles. The molecule has 1 aliphatic carbocycles. The average Bonchev–Trinajstić information content (AvgIpc) is 3.20. The second-order valence-corrected chi connectivity index (χ2v) is 10.6. The number of benzene rings is 1. The number of thiophene rings is 1. The van der Waals surface area contributed by atoms with Gasteiger partial charge in [0, 0.05) is 24.1 Å². The number of fused-ring (bicyclic) bond motifs is 1. The number of amides is 2. The summed E-state index contributed by atoms with van der Waals surface area (Å²) < 4.78 is 10.8. The first-order valence-electron chi connectivity index (χ1n) is 12.3. The number of unbranched alkanes of at least 4 members (excludes halogenated alkanes) is 4. The van der Waals surface area contributed by atoms with Crippen LogP contribution in [0.5, 0.6) is 5.75 Å². The highest BCUT2D eigenvalue weighted by molar-refractivity contribution is 7.17. The lowest BCUT2D eigenvalue weighted by molar-refractivity contribution is 0.0937. The zero-order valence-electron chi connectivity index (χ0n) is 20.4. The molecule has 0 saturated heterocycles. The number of hydrogen-bond acceptors (Lipinski definition) is 5. The Bertz CT molecular complexity index is 1000. The molecule has 2 aromatic rings. The van der Waals surface area contributed by atoms with E-state index < -0.39 is 0 Å². The summed E-state index contributed by atoms with van der Waals surface area (Å²) in [4.78, 5) is 27.2. The van der Waals surface area contributed by atoms with Crippen molar-refractivity contribution < 1.29 is 19.1 Å². The summed E-state index contributed by atoms with van der Waals surface area (Å²) in [5.41, 5.74) is 1.90. The maximum absolute atomic E-state index is 13.1. The van der Waals surface area contributed by atoms with Crippen molar-refractivity contribution in [3.05, 3.63) is 43.7 Å². The van der Waals surface area contributed by atoms with Crippen molar-refractivity contribution in [1.29, 1.82) is 0 Å². The van der Waals surface area contributed by atoms with Crippen LogP contribution in [0.3, 0.4) is 0 Å². The third-order valence-corrected chi connectivity index (χ3v) is 7.74. The van der Waals surface area contributed by atoms with Gasteiger partial charge in [0.1, 0.15) is 5.00 Å². The van der Waals surface area contributed by atoms with Crippen molar-refractivity contribution in [2.24, 2.45) is 0 Å². The van der Waals surface area contributed by atoms with Crippen molar-refractivity contribution in [2.75, 3.05) is 32.2 Å². The Morgan fingerprint density at radius 2 is 1.71 bits per heavy atom. The highest BCUT2D eigenvalue weighted by Crippen LogP contribution is 2.39. The summed E-state index contributed by atoms with van der Waals surface area (Å²) in [5.74, 6) is -0.176. The van der Waals surface area contributed by atoms with E-state index in [0.717, 1.165) is 49.0 Å². The lowest BCUT2D eigenvalue weighted by atomic mass is 9.95. The van der Waals surface area contributed by atoms with Gasteiger partial charge in [0.05, 0.1) is 28.8 Å². The van der Waals surface area contributed by atoms with Gasteiger partial charge < -0.3 is 20.1 Å². The average molecular weight is 542 g/mol. The normalized spacial score (nSPS) is 12.8. The number of ether oxygens (including phenoxy) is 2. The van der Waals surface area contributed by atoms with E-state index in [-0.39, 0.29) is 11.8 Å². The molecule has 0 fully saturated rings. The fourth-order valence-corrected chi connectivity index (χ4v) is 6.01. The Hall–Kier alpha value is -1.80. The van der Waals surface area contributed by atoms with Gasteiger partial charge in [0.25, 0.3) is 11.8 Å². The van der Waals surface area contributed by atoms with Gasteiger partial charge in [-0.2, -0.15) is 0 Å². The van der Waals surface area contributed by atoms with Crippen LogP contribution in [0.4, 0.5) is 5.00 Å². The van der Waals surface area contributed by atoms with Crippen LogP contribution in [0.25, 0.3) is 0 Å². The topological polar surface area (TPSA) is 76.7 Å². The first kappa shape index (κ1) is 27.8. The monoisotopic (exact) mass is 540 g/mol. The Morgan fingerprint density at radius 3 is 2.43 bits per heavy atom. The summed E-state index contributed by atoms with van der Waals surface area (Å²) in [6.45, 7) is 3.53. The van der Waals surface area contributed by atoms with E-state index in [1.165, 1.54) is 30.6 Å². The molecule has 1 aromatic carbocycles. The number of hydrogen-bond donors (Lipinski definition) is 2. The van der Waals surface area contributed by atoms with Crippen molar-refractivity contribution in [3.8, 4) is 5.75 Å². The van der Waals surface area contributed by atoms with E-state index in [0.29, 0.717) is 51.7 Å². The highest BCUT2D eigenvalue weighted by atomic mass is 35.5. The predicted octanol–water partition coefficient (Wildman–Crippen LogP) is 6.91. The minimum atomic E-state index is -0.371. The quantitative estimate of drug-likeness (QED) is 0.270. The number of rotatable bonds is 13. The number of methoxy groups -OCH3 is 1. The second-order valence-electron chi connectivity index (χ2n) is 8.65. The fourth-order valence-electron chi connectivity index (χ4n) is 4.13.